The van der Waals surface area contributed by atoms with Crippen LogP contribution >= 0.6 is 0 Å². The van der Waals surface area contributed by atoms with Crippen molar-refractivity contribution in [3.63, 3.8) is 0 Å². The van der Waals surface area contributed by atoms with E-state index in [0.29, 0.717) is 12.4 Å². The summed E-state index contributed by atoms with van der Waals surface area (Å²) in [6, 6.07) is 20.3. The van der Waals surface area contributed by atoms with Crippen molar-refractivity contribution in [2.45, 2.75) is 45.1 Å². The van der Waals surface area contributed by atoms with Crippen LogP contribution in [0.1, 0.15) is 43.5 Å². The second-order valence-corrected chi connectivity index (χ2v) is 10.4. The van der Waals surface area contributed by atoms with Gasteiger partial charge >= 0.3 is 6.03 Å². The minimum atomic E-state index is -0.223. The summed E-state index contributed by atoms with van der Waals surface area (Å²) in [5, 5.41) is 11.2. The number of likely N-dealkylation sites (tertiary alicyclic amines) is 1. The molecule has 2 atom stereocenters. The number of nitrogens with zero attached hydrogens (tertiary/aromatic N) is 3. The number of amides is 2. The summed E-state index contributed by atoms with van der Waals surface area (Å²) in [5.41, 5.74) is 4.07. The third-order valence-corrected chi connectivity index (χ3v) is 6.52. The summed E-state index contributed by atoms with van der Waals surface area (Å²) in [6.07, 6.45) is 0. The van der Waals surface area contributed by atoms with Crippen LogP contribution in [0.5, 0.6) is 0 Å². The maximum absolute atomic E-state index is 13.3. The molecule has 4 rings (SSSR count). The highest BCUT2D eigenvalue weighted by Gasteiger charge is 2.34. The van der Waals surface area contributed by atoms with Gasteiger partial charge in [0.05, 0.1) is 24.0 Å². The highest BCUT2D eigenvalue weighted by molar-refractivity contribution is 5.89. The Balaban J connectivity index is 1.55. The van der Waals surface area contributed by atoms with Gasteiger partial charge in [-0.15, -0.1) is 0 Å². The van der Waals surface area contributed by atoms with Gasteiger partial charge < -0.3 is 10.1 Å². The molecule has 0 spiro atoms. The standard InChI is InChI=1S/C28H37N5O2/c1-20-10-9-13-22(16-20)33-26(17-25(31-33)28(2,3)4)30-27(34)29-24-19-32(14-15-35-5)18-23(24)21-11-7-6-8-12-21/h6-13,16-17,23-24H,14-15,18-19H2,1-5H3,(H2,29,30,34). The number of urea groups is 1. The molecule has 2 N–H and O–H groups in total. The number of aryl methyl sites for hydroxylation is 1. The van der Waals surface area contributed by atoms with Gasteiger partial charge in [0.1, 0.15) is 5.82 Å². The van der Waals surface area contributed by atoms with Crippen LogP contribution in [0.25, 0.3) is 5.69 Å². The minimum Gasteiger partial charge on any atom is -0.383 e. The van der Waals surface area contributed by atoms with Gasteiger partial charge in [-0.1, -0.05) is 63.2 Å². The average Bonchev–Trinajstić information content (AvgIpc) is 3.42. The molecule has 2 unspecified atom stereocenters. The van der Waals surface area contributed by atoms with Gasteiger partial charge in [0.25, 0.3) is 0 Å². The van der Waals surface area contributed by atoms with Crippen molar-refractivity contribution in [1.82, 2.24) is 20.0 Å². The molecule has 2 amide bonds. The maximum atomic E-state index is 13.3. The number of anilines is 1. The number of hydrogen-bond donors (Lipinski definition) is 2. The monoisotopic (exact) mass is 475 g/mol. The molecule has 35 heavy (non-hydrogen) atoms. The fourth-order valence-electron chi connectivity index (χ4n) is 4.59. The Morgan fingerprint density at radius 3 is 2.54 bits per heavy atom. The number of benzene rings is 2. The number of hydrogen-bond acceptors (Lipinski definition) is 4. The third-order valence-electron chi connectivity index (χ3n) is 6.52. The topological polar surface area (TPSA) is 71.4 Å². The summed E-state index contributed by atoms with van der Waals surface area (Å²) >= 11 is 0. The number of rotatable bonds is 7. The molecular formula is C28H37N5O2. The fourth-order valence-corrected chi connectivity index (χ4v) is 4.59. The number of ether oxygens (including phenoxy) is 1. The first-order chi connectivity index (χ1) is 16.7. The molecule has 1 saturated heterocycles. The van der Waals surface area contributed by atoms with Crippen LogP contribution in [0.15, 0.2) is 60.7 Å². The minimum absolute atomic E-state index is 0.00770. The molecule has 3 aromatic rings. The van der Waals surface area contributed by atoms with Gasteiger partial charge in [-0.3, -0.25) is 10.2 Å². The van der Waals surface area contributed by atoms with Gasteiger partial charge in [-0.2, -0.15) is 5.10 Å². The van der Waals surface area contributed by atoms with Crippen LogP contribution in [-0.4, -0.2) is 60.1 Å². The average molecular weight is 476 g/mol. The summed E-state index contributed by atoms with van der Waals surface area (Å²) in [5.74, 6) is 0.870. The van der Waals surface area contributed by atoms with Crippen molar-refractivity contribution < 1.29 is 9.53 Å². The Hall–Kier alpha value is -3.16. The summed E-state index contributed by atoms with van der Waals surface area (Å²) in [7, 11) is 1.72. The van der Waals surface area contributed by atoms with Crippen molar-refractivity contribution in [3.8, 4) is 5.69 Å². The summed E-state index contributed by atoms with van der Waals surface area (Å²) in [6.45, 7) is 11.6. The zero-order valence-corrected chi connectivity index (χ0v) is 21.4. The van der Waals surface area contributed by atoms with E-state index < -0.39 is 0 Å². The molecule has 7 heteroatoms. The van der Waals surface area contributed by atoms with E-state index in [-0.39, 0.29) is 23.4 Å². The molecule has 7 nitrogen and oxygen atoms in total. The second kappa shape index (κ2) is 10.6. The number of carbonyl (C=O) groups is 1. The normalized spacial score (nSPS) is 18.5. The van der Waals surface area contributed by atoms with Crippen molar-refractivity contribution >= 4 is 11.8 Å². The van der Waals surface area contributed by atoms with Crippen molar-refractivity contribution in [2.24, 2.45) is 0 Å². The Labute approximate surface area is 208 Å². The van der Waals surface area contributed by atoms with Crippen LogP contribution in [0, 0.1) is 6.92 Å². The number of carbonyl (C=O) groups excluding carboxylic acids is 1. The highest BCUT2D eigenvalue weighted by atomic mass is 16.5. The Morgan fingerprint density at radius 1 is 1.09 bits per heavy atom. The van der Waals surface area contributed by atoms with Crippen LogP contribution in [0.2, 0.25) is 0 Å². The predicted octanol–water partition coefficient (Wildman–Crippen LogP) is 4.71. The first-order valence-electron chi connectivity index (χ1n) is 12.3. The van der Waals surface area contributed by atoms with Crippen LogP contribution in [0.4, 0.5) is 10.6 Å². The molecule has 1 aromatic heterocycles. The number of methoxy groups -OCH3 is 1. The molecule has 0 radical (unpaired) electrons. The van der Waals surface area contributed by atoms with Crippen LogP contribution < -0.4 is 10.6 Å². The van der Waals surface area contributed by atoms with Crippen molar-refractivity contribution in [2.75, 3.05) is 38.7 Å². The van der Waals surface area contributed by atoms with E-state index in [1.165, 1.54) is 5.56 Å². The van der Waals surface area contributed by atoms with Gasteiger partial charge in [-0.25, -0.2) is 9.48 Å². The van der Waals surface area contributed by atoms with Gasteiger partial charge in [0.15, 0.2) is 0 Å². The lowest BCUT2D eigenvalue weighted by Crippen LogP contribution is -2.42. The molecule has 1 aliphatic rings. The molecular weight excluding hydrogens is 438 g/mol. The van der Waals surface area contributed by atoms with E-state index in [1.54, 1.807) is 7.11 Å². The molecule has 0 saturated carbocycles. The van der Waals surface area contributed by atoms with E-state index in [0.717, 1.165) is 36.6 Å². The Morgan fingerprint density at radius 2 is 1.86 bits per heavy atom. The first-order valence-corrected chi connectivity index (χ1v) is 12.3. The lowest BCUT2D eigenvalue weighted by atomic mass is 9.92. The molecule has 2 aromatic carbocycles. The van der Waals surface area contributed by atoms with E-state index >= 15 is 0 Å². The largest absolute Gasteiger partial charge is 0.383 e. The molecule has 2 heterocycles. The summed E-state index contributed by atoms with van der Waals surface area (Å²) < 4.78 is 7.10. The lowest BCUT2D eigenvalue weighted by molar-refractivity contribution is 0.159. The lowest BCUT2D eigenvalue weighted by Gasteiger charge is -2.21. The Kier molecular flexibility index (Phi) is 7.57. The van der Waals surface area contributed by atoms with Crippen LogP contribution in [0.3, 0.4) is 0 Å². The number of aromatic nitrogens is 2. The molecule has 1 fully saturated rings. The van der Waals surface area contributed by atoms with Gasteiger partial charge in [0.2, 0.25) is 0 Å². The van der Waals surface area contributed by atoms with E-state index in [4.69, 9.17) is 9.84 Å². The van der Waals surface area contributed by atoms with E-state index in [1.807, 2.05) is 28.9 Å². The van der Waals surface area contributed by atoms with E-state index in [9.17, 15) is 4.79 Å². The highest BCUT2D eigenvalue weighted by Crippen LogP contribution is 2.29. The Bertz CT molecular complexity index is 1140. The van der Waals surface area contributed by atoms with Crippen molar-refractivity contribution in [3.05, 3.63) is 77.5 Å². The molecule has 1 aliphatic heterocycles. The zero-order chi connectivity index (χ0) is 25.0. The summed E-state index contributed by atoms with van der Waals surface area (Å²) in [4.78, 5) is 15.6. The zero-order valence-electron chi connectivity index (χ0n) is 21.4. The number of nitrogens with one attached hydrogen (secondary N) is 2. The maximum Gasteiger partial charge on any atom is 0.320 e. The predicted molar refractivity (Wildman–Crippen MR) is 140 cm³/mol. The van der Waals surface area contributed by atoms with Gasteiger partial charge in [-0.05, 0) is 30.2 Å². The quantitative estimate of drug-likeness (QED) is 0.519. The van der Waals surface area contributed by atoms with Crippen LogP contribution in [-0.2, 0) is 10.2 Å². The van der Waals surface area contributed by atoms with Crippen molar-refractivity contribution in [1.29, 1.82) is 0 Å². The smallest absolute Gasteiger partial charge is 0.320 e. The van der Waals surface area contributed by atoms with E-state index in [2.05, 4.69) is 79.6 Å². The molecule has 0 aliphatic carbocycles. The molecule has 0 bridgehead atoms. The first kappa shape index (κ1) is 24.9. The fraction of sp³-hybridized carbons (Fsp3) is 0.429. The SMILES string of the molecule is COCCN1CC(NC(=O)Nc2cc(C(C)(C)C)nn2-c2cccc(C)c2)C(c2ccccc2)C1. The third kappa shape index (κ3) is 6.10. The van der Waals surface area contributed by atoms with Gasteiger partial charge in [0, 0.05) is 44.1 Å². The second-order valence-electron chi connectivity index (χ2n) is 10.4. The molecule has 186 valence electrons.